The number of hydrogen-bond acceptors (Lipinski definition) is 3. The highest BCUT2D eigenvalue weighted by atomic mass is 19.3. The first-order valence-corrected chi connectivity index (χ1v) is 5.42. The molecule has 94 valence electrons. The summed E-state index contributed by atoms with van der Waals surface area (Å²) in [4.78, 5) is 3.95. The summed E-state index contributed by atoms with van der Waals surface area (Å²) in [5.74, 6) is 0.184. The van der Waals surface area contributed by atoms with Crippen LogP contribution in [0.4, 0.5) is 14.5 Å². The molecule has 1 heterocycles. The normalized spacial score (nSPS) is 10.4. The lowest BCUT2D eigenvalue weighted by Crippen LogP contribution is -2.07. The number of alkyl halides is 2. The maximum atomic E-state index is 12.2. The molecule has 2 aromatic rings. The number of halogens is 2. The summed E-state index contributed by atoms with van der Waals surface area (Å²) in [6, 6.07) is 10.3. The molecule has 0 aliphatic heterocycles. The Hall–Kier alpha value is -2.17. The molecule has 0 saturated heterocycles. The van der Waals surface area contributed by atoms with Crippen molar-refractivity contribution in [3.8, 4) is 5.75 Å². The molecule has 0 bridgehead atoms. The van der Waals surface area contributed by atoms with Crippen molar-refractivity contribution in [3.05, 3.63) is 54.4 Å². The van der Waals surface area contributed by atoms with Gasteiger partial charge in [0.15, 0.2) is 0 Å². The van der Waals surface area contributed by atoms with Crippen LogP contribution in [0.2, 0.25) is 0 Å². The van der Waals surface area contributed by atoms with Crippen LogP contribution in [0.5, 0.6) is 5.75 Å². The van der Waals surface area contributed by atoms with Gasteiger partial charge in [0.2, 0.25) is 0 Å². The smallest absolute Gasteiger partial charge is 0.387 e. The van der Waals surface area contributed by atoms with Crippen molar-refractivity contribution >= 4 is 5.69 Å². The van der Waals surface area contributed by atoms with E-state index in [0.29, 0.717) is 12.1 Å². The van der Waals surface area contributed by atoms with Crippen LogP contribution in [0.25, 0.3) is 0 Å². The second-order valence-electron chi connectivity index (χ2n) is 3.58. The van der Waals surface area contributed by atoms with E-state index in [9.17, 15) is 8.78 Å². The zero-order valence-corrected chi connectivity index (χ0v) is 9.51. The molecule has 0 saturated carbocycles. The molecule has 1 aromatic carbocycles. The third-order valence-electron chi connectivity index (χ3n) is 2.33. The van der Waals surface area contributed by atoms with Gasteiger partial charge in [-0.3, -0.25) is 4.98 Å². The Labute approximate surface area is 103 Å². The largest absolute Gasteiger partial charge is 0.434 e. The number of nitrogens with one attached hydrogen (secondary N) is 1. The molecule has 0 atom stereocenters. The van der Waals surface area contributed by atoms with Crippen LogP contribution in [-0.2, 0) is 6.54 Å². The topological polar surface area (TPSA) is 34.1 Å². The predicted octanol–water partition coefficient (Wildman–Crippen LogP) is 3.30. The fourth-order valence-electron chi connectivity index (χ4n) is 1.53. The summed E-state index contributed by atoms with van der Waals surface area (Å²) in [5, 5.41) is 3.09. The van der Waals surface area contributed by atoms with Crippen molar-refractivity contribution in [3.63, 3.8) is 0 Å². The zero-order chi connectivity index (χ0) is 12.8. The first kappa shape index (κ1) is 12.3. The minimum Gasteiger partial charge on any atom is -0.434 e. The highest BCUT2D eigenvalue weighted by Crippen LogP contribution is 2.21. The van der Waals surface area contributed by atoms with Gasteiger partial charge in [0.05, 0.1) is 5.69 Å². The number of anilines is 1. The molecule has 18 heavy (non-hydrogen) atoms. The van der Waals surface area contributed by atoms with Gasteiger partial charge in [-0.2, -0.15) is 8.78 Å². The van der Waals surface area contributed by atoms with Gasteiger partial charge < -0.3 is 10.1 Å². The monoisotopic (exact) mass is 250 g/mol. The Morgan fingerprint density at radius 3 is 2.72 bits per heavy atom. The molecule has 0 unspecified atom stereocenters. The SMILES string of the molecule is FC(F)Oc1ccccc1CNc1cccnc1. The fraction of sp³-hybridized carbons (Fsp3) is 0.154. The average Bonchev–Trinajstić information content (AvgIpc) is 2.38. The summed E-state index contributed by atoms with van der Waals surface area (Å²) in [6.07, 6.45) is 3.33. The van der Waals surface area contributed by atoms with Crippen LogP contribution in [0.1, 0.15) is 5.56 Å². The molecule has 1 aromatic heterocycles. The van der Waals surface area contributed by atoms with E-state index in [4.69, 9.17) is 0 Å². The first-order chi connectivity index (χ1) is 8.75. The van der Waals surface area contributed by atoms with E-state index in [1.807, 2.05) is 6.07 Å². The van der Waals surface area contributed by atoms with E-state index in [-0.39, 0.29) is 5.75 Å². The zero-order valence-electron chi connectivity index (χ0n) is 9.51. The standard InChI is InChI=1S/C13H12F2N2O/c14-13(15)18-12-6-2-1-4-10(12)8-17-11-5-3-7-16-9-11/h1-7,9,13,17H,8H2. The lowest BCUT2D eigenvalue weighted by atomic mass is 10.2. The number of aromatic nitrogens is 1. The van der Waals surface area contributed by atoms with Crippen LogP contribution >= 0.6 is 0 Å². The lowest BCUT2D eigenvalue weighted by Gasteiger charge is -2.11. The second-order valence-corrected chi connectivity index (χ2v) is 3.58. The van der Waals surface area contributed by atoms with Crippen molar-refractivity contribution in [1.29, 1.82) is 0 Å². The molecule has 0 amide bonds. The number of rotatable bonds is 5. The van der Waals surface area contributed by atoms with Gasteiger partial charge >= 0.3 is 6.61 Å². The maximum Gasteiger partial charge on any atom is 0.387 e. The van der Waals surface area contributed by atoms with Crippen LogP contribution in [0.3, 0.4) is 0 Å². The van der Waals surface area contributed by atoms with Crippen molar-refractivity contribution < 1.29 is 13.5 Å². The molecule has 0 aliphatic carbocycles. The molecule has 2 rings (SSSR count). The molecule has 0 spiro atoms. The predicted molar refractivity (Wildman–Crippen MR) is 64.6 cm³/mol. The number of benzene rings is 1. The van der Waals surface area contributed by atoms with Gasteiger partial charge in [-0.05, 0) is 18.2 Å². The maximum absolute atomic E-state index is 12.2. The van der Waals surface area contributed by atoms with Crippen LogP contribution in [0, 0.1) is 0 Å². The third-order valence-corrected chi connectivity index (χ3v) is 2.33. The molecule has 0 aliphatic rings. The van der Waals surface area contributed by atoms with Crippen molar-refractivity contribution in [2.75, 3.05) is 5.32 Å². The van der Waals surface area contributed by atoms with Gasteiger partial charge in [-0.15, -0.1) is 0 Å². The second kappa shape index (κ2) is 5.95. The number of para-hydroxylation sites is 1. The Balaban J connectivity index is 2.05. The van der Waals surface area contributed by atoms with Gasteiger partial charge in [0.1, 0.15) is 5.75 Å². The quantitative estimate of drug-likeness (QED) is 0.884. The van der Waals surface area contributed by atoms with Crippen LogP contribution in [0.15, 0.2) is 48.8 Å². The van der Waals surface area contributed by atoms with Crippen LogP contribution in [-0.4, -0.2) is 11.6 Å². The van der Waals surface area contributed by atoms with Crippen molar-refractivity contribution in [2.45, 2.75) is 13.2 Å². The van der Waals surface area contributed by atoms with Crippen LogP contribution < -0.4 is 10.1 Å². The van der Waals surface area contributed by atoms with Gasteiger partial charge in [0, 0.05) is 24.5 Å². The summed E-state index contributed by atoms with van der Waals surface area (Å²) in [7, 11) is 0. The van der Waals surface area contributed by atoms with E-state index >= 15 is 0 Å². The van der Waals surface area contributed by atoms with Gasteiger partial charge in [-0.25, -0.2) is 0 Å². The number of pyridine rings is 1. The number of hydrogen-bond donors (Lipinski definition) is 1. The number of nitrogens with zero attached hydrogens (tertiary/aromatic N) is 1. The molecule has 0 fully saturated rings. The van der Waals surface area contributed by atoms with E-state index in [1.54, 1.807) is 36.7 Å². The first-order valence-electron chi connectivity index (χ1n) is 5.42. The average molecular weight is 250 g/mol. The molecular formula is C13H12F2N2O. The Morgan fingerprint density at radius 2 is 2.00 bits per heavy atom. The van der Waals surface area contributed by atoms with E-state index < -0.39 is 6.61 Å². The van der Waals surface area contributed by atoms with E-state index in [1.165, 1.54) is 6.07 Å². The summed E-state index contributed by atoms with van der Waals surface area (Å²) >= 11 is 0. The Kier molecular flexibility index (Phi) is 4.06. The molecule has 0 radical (unpaired) electrons. The summed E-state index contributed by atoms with van der Waals surface area (Å²) < 4.78 is 28.9. The van der Waals surface area contributed by atoms with Crippen molar-refractivity contribution in [1.82, 2.24) is 4.98 Å². The van der Waals surface area contributed by atoms with Gasteiger partial charge in [0.25, 0.3) is 0 Å². The van der Waals surface area contributed by atoms with Gasteiger partial charge in [-0.1, -0.05) is 18.2 Å². The fourth-order valence-corrected chi connectivity index (χ4v) is 1.53. The number of ether oxygens (including phenoxy) is 1. The summed E-state index contributed by atoms with van der Waals surface area (Å²) in [5.41, 5.74) is 1.49. The molecule has 5 heteroatoms. The minimum atomic E-state index is -2.82. The van der Waals surface area contributed by atoms with E-state index in [0.717, 1.165) is 5.69 Å². The summed E-state index contributed by atoms with van der Waals surface area (Å²) in [6.45, 7) is -2.42. The highest BCUT2D eigenvalue weighted by molar-refractivity contribution is 5.43. The molecule has 3 nitrogen and oxygen atoms in total. The Bertz CT molecular complexity index is 491. The molecule has 1 N–H and O–H groups in total. The minimum absolute atomic E-state index is 0.184. The van der Waals surface area contributed by atoms with E-state index in [2.05, 4.69) is 15.0 Å². The third kappa shape index (κ3) is 3.41. The highest BCUT2D eigenvalue weighted by Gasteiger charge is 2.08. The lowest BCUT2D eigenvalue weighted by molar-refractivity contribution is -0.0504. The van der Waals surface area contributed by atoms with Crippen molar-refractivity contribution in [2.24, 2.45) is 0 Å². The Morgan fingerprint density at radius 1 is 1.17 bits per heavy atom. The molecular weight excluding hydrogens is 238 g/mol.